The van der Waals surface area contributed by atoms with E-state index in [1.165, 1.54) is 32.1 Å². The summed E-state index contributed by atoms with van der Waals surface area (Å²) in [5, 5.41) is 5.69. The number of Topliss-reactive ketones (excluding diaryl/α,β-unsaturated/α-hetero) is 1. The standard InChI is InChI=1S/C12H13N3O5S/c1-6(16)4-7-5-21-11(13-7)15-14-8-9(17)19-12(2,3)20-10(8)18/h5H,4H2,1-3H3,(H,13,15). The minimum Gasteiger partial charge on any atom is -0.418 e. The van der Waals surface area contributed by atoms with Gasteiger partial charge in [-0.2, -0.15) is 5.10 Å². The maximum absolute atomic E-state index is 11.6. The molecular weight excluding hydrogens is 298 g/mol. The lowest BCUT2D eigenvalue weighted by molar-refractivity contribution is -0.214. The summed E-state index contributed by atoms with van der Waals surface area (Å²) in [5.74, 6) is -3.06. The molecule has 1 saturated heterocycles. The summed E-state index contributed by atoms with van der Waals surface area (Å²) in [4.78, 5) is 38.3. The molecule has 0 amide bonds. The van der Waals surface area contributed by atoms with Gasteiger partial charge in [0.05, 0.1) is 5.69 Å². The molecule has 0 saturated carbocycles. The van der Waals surface area contributed by atoms with Gasteiger partial charge in [0, 0.05) is 25.6 Å². The molecule has 112 valence electrons. The molecule has 2 heterocycles. The van der Waals surface area contributed by atoms with E-state index < -0.39 is 23.4 Å². The second kappa shape index (κ2) is 5.60. The third-order valence-corrected chi connectivity index (χ3v) is 3.10. The van der Waals surface area contributed by atoms with Gasteiger partial charge in [-0.05, 0) is 6.92 Å². The Labute approximate surface area is 124 Å². The molecule has 0 unspecified atom stereocenters. The number of hydrogen-bond acceptors (Lipinski definition) is 9. The fourth-order valence-electron chi connectivity index (χ4n) is 1.54. The molecular formula is C12H13N3O5S. The van der Waals surface area contributed by atoms with E-state index in [2.05, 4.69) is 15.5 Å². The summed E-state index contributed by atoms with van der Waals surface area (Å²) in [5.41, 5.74) is 2.58. The Morgan fingerprint density at radius 1 is 1.38 bits per heavy atom. The minimum atomic E-state index is -1.30. The third kappa shape index (κ3) is 3.85. The van der Waals surface area contributed by atoms with Crippen LogP contribution in [0.25, 0.3) is 0 Å². The first-order valence-corrected chi connectivity index (χ1v) is 6.89. The number of carbonyl (C=O) groups is 3. The Morgan fingerprint density at radius 3 is 2.57 bits per heavy atom. The van der Waals surface area contributed by atoms with Crippen molar-refractivity contribution in [2.24, 2.45) is 5.10 Å². The van der Waals surface area contributed by atoms with Gasteiger partial charge in [0.15, 0.2) is 0 Å². The van der Waals surface area contributed by atoms with Gasteiger partial charge in [-0.15, -0.1) is 11.3 Å². The third-order valence-electron chi connectivity index (χ3n) is 2.31. The molecule has 2 rings (SSSR count). The van der Waals surface area contributed by atoms with Crippen LogP contribution >= 0.6 is 11.3 Å². The number of cyclic esters (lactones) is 2. The SMILES string of the molecule is CC(=O)Cc1csc(NN=C2C(=O)OC(C)(C)OC2=O)n1. The molecule has 0 radical (unpaired) electrons. The quantitative estimate of drug-likeness (QED) is 0.649. The van der Waals surface area contributed by atoms with E-state index in [0.717, 1.165) is 0 Å². The molecule has 9 heteroatoms. The first-order chi connectivity index (χ1) is 9.77. The second-order valence-corrected chi connectivity index (χ2v) is 5.63. The molecule has 1 N–H and O–H groups in total. The van der Waals surface area contributed by atoms with Crippen molar-refractivity contribution in [1.82, 2.24) is 4.98 Å². The largest absolute Gasteiger partial charge is 0.418 e. The average Bonchev–Trinajstić information content (AvgIpc) is 2.73. The lowest BCUT2D eigenvalue weighted by Gasteiger charge is -2.28. The number of carbonyl (C=O) groups excluding carboxylic acids is 3. The van der Waals surface area contributed by atoms with Crippen LogP contribution in [-0.4, -0.2) is 34.2 Å². The molecule has 21 heavy (non-hydrogen) atoms. The van der Waals surface area contributed by atoms with Crippen LogP contribution in [-0.2, 0) is 30.3 Å². The summed E-state index contributed by atoms with van der Waals surface area (Å²) in [7, 11) is 0. The van der Waals surface area contributed by atoms with Crippen LogP contribution in [0.15, 0.2) is 10.5 Å². The predicted octanol–water partition coefficient (Wildman–Crippen LogP) is 0.879. The number of ether oxygens (including phenoxy) is 2. The number of rotatable bonds is 4. The van der Waals surface area contributed by atoms with Crippen molar-refractivity contribution < 1.29 is 23.9 Å². The van der Waals surface area contributed by atoms with Gasteiger partial charge in [0.2, 0.25) is 5.13 Å². The topological polar surface area (TPSA) is 107 Å². The summed E-state index contributed by atoms with van der Waals surface area (Å²) in [6.07, 6.45) is 0.215. The summed E-state index contributed by atoms with van der Waals surface area (Å²) >= 11 is 1.20. The highest BCUT2D eigenvalue weighted by Gasteiger charge is 2.40. The van der Waals surface area contributed by atoms with Gasteiger partial charge in [0.25, 0.3) is 11.5 Å². The number of ketones is 1. The Hall–Kier alpha value is -2.29. The summed E-state index contributed by atoms with van der Waals surface area (Å²) < 4.78 is 9.78. The van der Waals surface area contributed by atoms with Gasteiger partial charge in [-0.1, -0.05) is 0 Å². The van der Waals surface area contributed by atoms with E-state index in [4.69, 9.17) is 9.47 Å². The van der Waals surface area contributed by atoms with Crippen molar-refractivity contribution in [1.29, 1.82) is 0 Å². The summed E-state index contributed by atoms with van der Waals surface area (Å²) in [6.45, 7) is 4.35. The van der Waals surface area contributed by atoms with Crippen LogP contribution < -0.4 is 5.43 Å². The van der Waals surface area contributed by atoms with Crippen molar-refractivity contribution in [2.75, 3.05) is 5.43 Å². The molecule has 1 aliphatic heterocycles. The van der Waals surface area contributed by atoms with Crippen LogP contribution in [0, 0.1) is 0 Å². The Bertz CT molecular complexity index is 613. The van der Waals surface area contributed by atoms with Gasteiger partial charge in [-0.3, -0.25) is 10.2 Å². The van der Waals surface area contributed by atoms with E-state index in [9.17, 15) is 14.4 Å². The number of anilines is 1. The molecule has 0 aliphatic carbocycles. The molecule has 0 atom stereocenters. The molecule has 8 nitrogen and oxygen atoms in total. The number of hydrazone groups is 1. The zero-order valence-electron chi connectivity index (χ0n) is 11.6. The molecule has 0 spiro atoms. The second-order valence-electron chi connectivity index (χ2n) is 4.77. The maximum atomic E-state index is 11.6. The highest BCUT2D eigenvalue weighted by Crippen LogP contribution is 2.19. The van der Waals surface area contributed by atoms with Gasteiger partial charge in [-0.25, -0.2) is 14.6 Å². The lowest BCUT2D eigenvalue weighted by Crippen LogP contribution is -2.47. The van der Waals surface area contributed by atoms with Crippen molar-refractivity contribution in [3.63, 3.8) is 0 Å². The number of hydrogen-bond donors (Lipinski definition) is 1. The normalized spacial score (nSPS) is 17.0. The number of esters is 2. The minimum absolute atomic E-state index is 0.0140. The van der Waals surface area contributed by atoms with Gasteiger partial charge >= 0.3 is 11.9 Å². The van der Waals surface area contributed by atoms with Crippen LogP contribution in [0.3, 0.4) is 0 Å². The van der Waals surface area contributed by atoms with Gasteiger partial charge in [0.1, 0.15) is 5.78 Å². The fraction of sp³-hybridized carbons (Fsp3) is 0.417. The molecule has 0 bridgehead atoms. The van der Waals surface area contributed by atoms with Crippen molar-refractivity contribution >= 4 is 39.9 Å². The van der Waals surface area contributed by atoms with Crippen LogP contribution in [0.2, 0.25) is 0 Å². The van der Waals surface area contributed by atoms with E-state index in [-0.39, 0.29) is 12.2 Å². The Morgan fingerprint density at radius 2 is 2.00 bits per heavy atom. The number of thiazole rings is 1. The number of aromatic nitrogens is 1. The highest BCUT2D eigenvalue weighted by molar-refractivity contribution is 7.13. The number of nitrogens with one attached hydrogen (secondary N) is 1. The fourth-order valence-corrected chi connectivity index (χ4v) is 2.19. The van der Waals surface area contributed by atoms with Crippen molar-refractivity contribution in [2.45, 2.75) is 33.0 Å². The highest BCUT2D eigenvalue weighted by atomic mass is 32.1. The zero-order chi connectivity index (χ0) is 15.6. The molecule has 1 aromatic rings. The van der Waals surface area contributed by atoms with E-state index >= 15 is 0 Å². The van der Waals surface area contributed by atoms with Gasteiger partial charge < -0.3 is 9.47 Å². The monoisotopic (exact) mass is 311 g/mol. The molecule has 1 aliphatic rings. The Kier molecular flexibility index (Phi) is 4.03. The van der Waals surface area contributed by atoms with Crippen LogP contribution in [0.4, 0.5) is 5.13 Å². The van der Waals surface area contributed by atoms with E-state index in [1.807, 2.05) is 0 Å². The van der Waals surface area contributed by atoms with E-state index in [0.29, 0.717) is 10.8 Å². The zero-order valence-corrected chi connectivity index (χ0v) is 12.4. The molecule has 0 aromatic carbocycles. The maximum Gasteiger partial charge on any atom is 0.369 e. The molecule has 1 fully saturated rings. The average molecular weight is 311 g/mol. The van der Waals surface area contributed by atoms with Crippen molar-refractivity contribution in [3.8, 4) is 0 Å². The molecule has 1 aromatic heterocycles. The predicted molar refractivity (Wildman–Crippen MR) is 73.8 cm³/mol. The first-order valence-electron chi connectivity index (χ1n) is 6.01. The van der Waals surface area contributed by atoms with E-state index in [1.54, 1.807) is 5.38 Å². The first kappa shape index (κ1) is 15.1. The Balaban J connectivity index is 2.07. The van der Waals surface area contributed by atoms with Crippen molar-refractivity contribution in [3.05, 3.63) is 11.1 Å². The summed E-state index contributed by atoms with van der Waals surface area (Å²) in [6, 6.07) is 0. The van der Waals surface area contributed by atoms with Crippen LogP contribution in [0.1, 0.15) is 26.5 Å². The van der Waals surface area contributed by atoms with Crippen LogP contribution in [0.5, 0.6) is 0 Å². The lowest BCUT2D eigenvalue weighted by atomic mass is 10.3. The number of nitrogens with zero attached hydrogens (tertiary/aromatic N) is 2. The smallest absolute Gasteiger partial charge is 0.369 e.